The topological polar surface area (TPSA) is 79.1 Å². The van der Waals surface area contributed by atoms with Gasteiger partial charge in [0, 0.05) is 6.42 Å². The molecule has 2 rings (SSSR count). The third kappa shape index (κ3) is 2.31. The summed E-state index contributed by atoms with van der Waals surface area (Å²) in [6.07, 6.45) is 0.0450. The fourth-order valence-electron chi connectivity index (χ4n) is 1.56. The summed E-state index contributed by atoms with van der Waals surface area (Å²) < 4.78 is 0. The predicted molar refractivity (Wildman–Crippen MR) is 56.4 cm³/mol. The van der Waals surface area contributed by atoms with Crippen molar-refractivity contribution >= 4 is 11.7 Å². The lowest BCUT2D eigenvalue weighted by Crippen LogP contribution is -2.13. The number of carboxylic acid groups (broad SMARTS) is 1. The van der Waals surface area contributed by atoms with Gasteiger partial charge in [0.2, 0.25) is 0 Å². The first-order valence-corrected chi connectivity index (χ1v) is 4.89. The van der Waals surface area contributed by atoms with Crippen LogP contribution in [0.3, 0.4) is 0 Å². The van der Waals surface area contributed by atoms with Crippen molar-refractivity contribution in [2.75, 3.05) is 0 Å². The number of oxime groups is 1. The van der Waals surface area contributed by atoms with Crippen LogP contribution in [0.2, 0.25) is 0 Å². The van der Waals surface area contributed by atoms with Crippen molar-refractivity contribution in [2.45, 2.75) is 18.9 Å². The summed E-state index contributed by atoms with van der Waals surface area (Å²) in [5, 5.41) is 21.6. The van der Waals surface area contributed by atoms with Crippen molar-refractivity contribution in [3.63, 3.8) is 0 Å². The van der Waals surface area contributed by atoms with Gasteiger partial charge in [0.1, 0.15) is 11.9 Å². The molecule has 1 aliphatic heterocycles. The molecule has 0 radical (unpaired) electrons. The summed E-state index contributed by atoms with van der Waals surface area (Å²) in [6.45, 7) is 0. The lowest BCUT2D eigenvalue weighted by Gasteiger charge is -2.03. The fraction of sp³-hybridized carbons (Fsp3) is 0.273. The van der Waals surface area contributed by atoms with Crippen LogP contribution in [-0.2, 0) is 9.63 Å². The lowest BCUT2D eigenvalue weighted by molar-refractivity contribution is -0.139. The number of hydrogen-bond acceptors (Lipinski definition) is 4. The van der Waals surface area contributed by atoms with Crippen molar-refractivity contribution in [2.24, 2.45) is 5.16 Å². The first-order chi connectivity index (χ1) is 7.65. The van der Waals surface area contributed by atoms with Gasteiger partial charge in [0.25, 0.3) is 0 Å². The summed E-state index contributed by atoms with van der Waals surface area (Å²) in [5.41, 5.74) is 1.55. The van der Waals surface area contributed by atoms with Gasteiger partial charge in [-0.05, 0) is 29.8 Å². The molecule has 1 aliphatic rings. The average Bonchev–Trinajstić information content (AvgIpc) is 2.66. The van der Waals surface area contributed by atoms with Crippen molar-refractivity contribution in [3.8, 4) is 5.75 Å². The number of benzene rings is 1. The molecule has 2 N–H and O–H groups in total. The Labute approximate surface area is 92.0 Å². The van der Waals surface area contributed by atoms with Crippen molar-refractivity contribution in [1.82, 2.24) is 0 Å². The van der Waals surface area contributed by atoms with Crippen LogP contribution in [0.25, 0.3) is 0 Å². The molecule has 5 heteroatoms. The largest absolute Gasteiger partial charge is 0.508 e. The molecule has 1 heterocycles. The van der Waals surface area contributed by atoms with Gasteiger partial charge in [-0.2, -0.15) is 0 Å². The molecule has 0 spiro atoms. The van der Waals surface area contributed by atoms with E-state index in [9.17, 15) is 4.79 Å². The number of carboxylic acids is 1. The van der Waals surface area contributed by atoms with Crippen LogP contribution >= 0.6 is 0 Å². The second kappa shape index (κ2) is 4.22. The molecule has 0 amide bonds. The summed E-state index contributed by atoms with van der Waals surface area (Å²) in [5.74, 6) is -0.711. The molecule has 5 nitrogen and oxygen atoms in total. The van der Waals surface area contributed by atoms with E-state index in [0.717, 1.165) is 5.56 Å². The smallest absolute Gasteiger partial charge is 0.307 e. The van der Waals surface area contributed by atoms with Gasteiger partial charge in [0.15, 0.2) is 0 Å². The van der Waals surface area contributed by atoms with Crippen LogP contribution in [0.4, 0.5) is 0 Å². The van der Waals surface area contributed by atoms with Gasteiger partial charge in [-0.3, -0.25) is 4.79 Å². The minimum absolute atomic E-state index is 0.0505. The van der Waals surface area contributed by atoms with Crippen LogP contribution < -0.4 is 0 Å². The zero-order chi connectivity index (χ0) is 11.5. The van der Waals surface area contributed by atoms with E-state index < -0.39 is 5.97 Å². The molecule has 0 bridgehead atoms. The Morgan fingerprint density at radius 3 is 2.75 bits per heavy atom. The Morgan fingerprint density at radius 2 is 2.12 bits per heavy atom. The van der Waals surface area contributed by atoms with Gasteiger partial charge >= 0.3 is 5.97 Å². The Morgan fingerprint density at radius 1 is 1.44 bits per heavy atom. The highest BCUT2D eigenvalue weighted by Gasteiger charge is 2.24. The minimum atomic E-state index is -0.896. The first kappa shape index (κ1) is 10.5. The molecule has 84 valence electrons. The molecule has 0 saturated carbocycles. The number of hydrogen-bond donors (Lipinski definition) is 2. The van der Waals surface area contributed by atoms with Crippen LogP contribution in [-0.4, -0.2) is 28.0 Å². The van der Waals surface area contributed by atoms with E-state index >= 15 is 0 Å². The van der Waals surface area contributed by atoms with Gasteiger partial charge in [0.05, 0.1) is 12.1 Å². The first-order valence-electron chi connectivity index (χ1n) is 4.89. The number of aliphatic carboxylic acids is 1. The van der Waals surface area contributed by atoms with Crippen LogP contribution in [0.15, 0.2) is 29.4 Å². The highest BCUT2D eigenvalue weighted by molar-refractivity contribution is 6.01. The van der Waals surface area contributed by atoms with Crippen LogP contribution in [0.5, 0.6) is 5.75 Å². The van der Waals surface area contributed by atoms with E-state index in [1.54, 1.807) is 24.3 Å². The molecule has 1 atom stereocenters. The van der Waals surface area contributed by atoms with Crippen molar-refractivity contribution < 1.29 is 19.8 Å². The molecule has 16 heavy (non-hydrogen) atoms. The number of carbonyl (C=O) groups is 1. The fourth-order valence-corrected chi connectivity index (χ4v) is 1.56. The number of phenolic OH excluding ortho intramolecular Hbond substituents is 1. The number of phenols is 1. The third-order valence-electron chi connectivity index (χ3n) is 2.34. The molecule has 0 unspecified atom stereocenters. The van der Waals surface area contributed by atoms with Gasteiger partial charge in [-0.25, -0.2) is 0 Å². The summed E-state index contributed by atoms with van der Waals surface area (Å²) >= 11 is 0. The zero-order valence-corrected chi connectivity index (χ0v) is 8.46. The molecule has 0 aromatic heterocycles. The zero-order valence-electron chi connectivity index (χ0n) is 8.46. The maximum absolute atomic E-state index is 10.5. The normalized spacial score (nSPS) is 19.0. The van der Waals surface area contributed by atoms with Crippen molar-refractivity contribution in [1.29, 1.82) is 0 Å². The number of rotatable bonds is 3. The van der Waals surface area contributed by atoms with Crippen molar-refractivity contribution in [3.05, 3.63) is 29.8 Å². The molecule has 0 fully saturated rings. The standard InChI is InChI=1S/C11H11NO4/c13-8-3-1-7(2-4-8)10-5-9(16-12-10)6-11(14)15/h1-4,9,13H,5-6H2,(H,14,15)/t9-/m0/s1. The van der Waals surface area contributed by atoms with Gasteiger partial charge in [-0.1, -0.05) is 5.16 Å². The van der Waals surface area contributed by atoms with E-state index in [1.165, 1.54) is 0 Å². The van der Waals surface area contributed by atoms with Crippen LogP contribution in [0.1, 0.15) is 18.4 Å². The van der Waals surface area contributed by atoms with E-state index in [2.05, 4.69) is 5.16 Å². The maximum atomic E-state index is 10.5. The Kier molecular flexibility index (Phi) is 2.76. The molecule has 1 aromatic carbocycles. The highest BCUT2D eigenvalue weighted by Crippen LogP contribution is 2.20. The second-order valence-corrected chi connectivity index (χ2v) is 3.61. The maximum Gasteiger partial charge on any atom is 0.307 e. The SMILES string of the molecule is O=C(O)C[C@@H]1CC(c2ccc(O)cc2)=NO1. The van der Waals surface area contributed by atoms with E-state index in [4.69, 9.17) is 15.1 Å². The average molecular weight is 221 g/mol. The van der Waals surface area contributed by atoms with Gasteiger partial charge < -0.3 is 15.1 Å². The number of nitrogens with zero attached hydrogens (tertiary/aromatic N) is 1. The van der Waals surface area contributed by atoms with E-state index in [-0.39, 0.29) is 18.3 Å². The van der Waals surface area contributed by atoms with Crippen LogP contribution in [0, 0.1) is 0 Å². The second-order valence-electron chi connectivity index (χ2n) is 3.61. The van der Waals surface area contributed by atoms with Gasteiger partial charge in [-0.15, -0.1) is 0 Å². The third-order valence-corrected chi connectivity index (χ3v) is 2.34. The summed E-state index contributed by atoms with van der Waals surface area (Å²) in [7, 11) is 0. The molecule has 0 aliphatic carbocycles. The lowest BCUT2D eigenvalue weighted by atomic mass is 10.0. The Bertz CT molecular complexity index is 424. The van der Waals surface area contributed by atoms with E-state index in [0.29, 0.717) is 12.1 Å². The van der Waals surface area contributed by atoms with E-state index in [1.807, 2.05) is 0 Å². The molecular weight excluding hydrogens is 210 g/mol. The Balaban J connectivity index is 2.03. The monoisotopic (exact) mass is 221 g/mol. The minimum Gasteiger partial charge on any atom is -0.508 e. The molecule has 0 saturated heterocycles. The summed E-state index contributed by atoms with van der Waals surface area (Å²) in [4.78, 5) is 15.5. The highest BCUT2D eigenvalue weighted by atomic mass is 16.6. The summed E-state index contributed by atoms with van der Waals surface area (Å²) in [6, 6.07) is 6.56. The quantitative estimate of drug-likeness (QED) is 0.807. The Hall–Kier alpha value is -2.04. The number of aromatic hydroxyl groups is 1. The predicted octanol–water partition coefficient (Wildman–Crippen LogP) is 1.36. The molecule has 1 aromatic rings. The molecular formula is C11H11NO4.